The molecule has 154 valence electrons. The second-order valence-electron chi connectivity index (χ2n) is 8.61. The molecule has 0 fully saturated rings. The molecule has 4 rings (SSSR count). The highest BCUT2D eigenvalue weighted by Gasteiger charge is 2.49. The Labute approximate surface area is 186 Å². The maximum absolute atomic E-state index is 14.9. The van der Waals surface area contributed by atoms with Crippen molar-refractivity contribution >= 4 is 49.9 Å². The van der Waals surface area contributed by atoms with E-state index in [0.717, 1.165) is 16.9 Å². The van der Waals surface area contributed by atoms with Gasteiger partial charge in [-0.2, -0.15) is 0 Å². The van der Waals surface area contributed by atoms with E-state index < -0.39 is 21.6 Å². The maximum Gasteiger partial charge on any atom is 0.136 e. The molecule has 0 aliphatic carbocycles. The lowest BCUT2D eigenvalue weighted by Gasteiger charge is -2.31. The third-order valence-corrected chi connectivity index (χ3v) is 7.94. The fourth-order valence-electron chi connectivity index (χ4n) is 3.85. The smallest absolute Gasteiger partial charge is 0.136 e. The monoisotopic (exact) mass is 497 g/mol. The van der Waals surface area contributed by atoms with Crippen molar-refractivity contribution in [3.05, 3.63) is 63.1 Å². The molecule has 0 bridgehead atoms. The van der Waals surface area contributed by atoms with Crippen LogP contribution in [0.1, 0.15) is 51.5 Å². The number of halogens is 3. The Hall–Kier alpha value is -1.12. The molecule has 0 spiro atoms. The Balaban J connectivity index is 1.93. The Morgan fingerprint density at radius 3 is 2.72 bits per heavy atom. The van der Waals surface area contributed by atoms with Crippen LogP contribution in [0.4, 0.5) is 4.39 Å². The Morgan fingerprint density at radius 2 is 2.07 bits per heavy atom. The number of hydrogen-bond donors (Lipinski definition) is 1. The number of benzene rings is 2. The van der Waals surface area contributed by atoms with Gasteiger partial charge in [0.25, 0.3) is 0 Å². The molecule has 1 N–H and O–H groups in total. The van der Waals surface area contributed by atoms with E-state index in [0.29, 0.717) is 21.5 Å². The first-order chi connectivity index (χ1) is 13.5. The summed E-state index contributed by atoms with van der Waals surface area (Å²) in [6.45, 7) is 7.73. The van der Waals surface area contributed by atoms with E-state index in [1.165, 1.54) is 6.07 Å². The molecule has 3 atom stereocenters. The van der Waals surface area contributed by atoms with E-state index >= 15 is 0 Å². The molecule has 0 amide bonds. The van der Waals surface area contributed by atoms with Gasteiger partial charge in [-0.05, 0) is 58.0 Å². The van der Waals surface area contributed by atoms with Crippen molar-refractivity contribution in [2.75, 3.05) is 0 Å². The van der Waals surface area contributed by atoms with Gasteiger partial charge in [0.05, 0.1) is 17.1 Å². The number of rotatable bonds is 3. The van der Waals surface area contributed by atoms with Crippen LogP contribution in [0, 0.1) is 5.82 Å². The van der Waals surface area contributed by atoms with Crippen molar-refractivity contribution < 1.29 is 8.94 Å². The second-order valence-corrected chi connectivity index (χ2v) is 11.9. The third kappa shape index (κ3) is 3.61. The first-order valence-electron chi connectivity index (χ1n) is 9.33. The molecule has 29 heavy (non-hydrogen) atoms. The lowest BCUT2D eigenvalue weighted by molar-refractivity contribution is 0.395. The third-order valence-electron chi connectivity index (χ3n) is 5.27. The van der Waals surface area contributed by atoms with Crippen LogP contribution < -0.4 is 4.72 Å². The van der Waals surface area contributed by atoms with E-state index in [9.17, 15) is 8.94 Å². The second kappa shape index (κ2) is 7.24. The van der Waals surface area contributed by atoms with Gasteiger partial charge in [0.2, 0.25) is 0 Å². The minimum absolute atomic E-state index is 0.291. The molecule has 1 unspecified atom stereocenters. The SMILES string of the molecule is CC1(N[S@+]([O-])C(C)(C)C)C[C@H](c2c(F)cccc2Br)n2c1nc1ccc(Cl)cc12. The lowest BCUT2D eigenvalue weighted by Crippen LogP contribution is -2.49. The van der Waals surface area contributed by atoms with Crippen molar-refractivity contribution in [2.24, 2.45) is 0 Å². The summed E-state index contributed by atoms with van der Waals surface area (Å²) < 4.78 is 33.4. The van der Waals surface area contributed by atoms with Crippen molar-refractivity contribution in [2.45, 2.75) is 50.4 Å². The topological polar surface area (TPSA) is 52.9 Å². The van der Waals surface area contributed by atoms with Crippen LogP contribution >= 0.6 is 27.5 Å². The first-order valence-corrected chi connectivity index (χ1v) is 11.6. The summed E-state index contributed by atoms with van der Waals surface area (Å²) in [4.78, 5) is 4.83. The predicted molar refractivity (Wildman–Crippen MR) is 120 cm³/mol. The van der Waals surface area contributed by atoms with Gasteiger partial charge in [0.15, 0.2) is 0 Å². The van der Waals surface area contributed by atoms with Gasteiger partial charge in [-0.25, -0.2) is 9.37 Å². The summed E-state index contributed by atoms with van der Waals surface area (Å²) in [6, 6.07) is 10.1. The van der Waals surface area contributed by atoms with E-state index in [2.05, 4.69) is 20.7 Å². The van der Waals surface area contributed by atoms with Crippen LogP contribution in [0.3, 0.4) is 0 Å². The largest absolute Gasteiger partial charge is 0.598 e. The maximum atomic E-state index is 14.9. The minimum Gasteiger partial charge on any atom is -0.598 e. The molecule has 8 heteroatoms. The number of imidazole rings is 1. The Bertz CT molecular complexity index is 1080. The van der Waals surface area contributed by atoms with E-state index in [-0.39, 0.29) is 11.9 Å². The molecule has 1 aromatic heterocycles. The van der Waals surface area contributed by atoms with E-state index in [1.807, 2.05) is 50.5 Å². The summed E-state index contributed by atoms with van der Waals surface area (Å²) in [5, 5.41) is 0.589. The first kappa shape index (κ1) is 21.1. The summed E-state index contributed by atoms with van der Waals surface area (Å²) in [6.07, 6.45) is 0.513. The fraction of sp³-hybridized carbons (Fsp3) is 0.381. The zero-order chi connectivity index (χ0) is 21.1. The van der Waals surface area contributed by atoms with Crippen molar-refractivity contribution in [3.63, 3.8) is 0 Å². The standard InChI is InChI=1S/C21H22BrClFN3OS/c1-20(2,3)29(28)26-21(4)11-17(18-13(22)6-5-7-14(18)24)27-16-10-12(23)8-9-15(16)25-19(21)27/h5-10,17,26H,11H2,1-4H3/t17-,21?,29-/m1/s1. The molecular formula is C21H22BrClFN3OS. The van der Waals surface area contributed by atoms with Crippen molar-refractivity contribution in [1.29, 1.82) is 0 Å². The summed E-state index contributed by atoms with van der Waals surface area (Å²) in [7, 11) is 0. The quantitative estimate of drug-likeness (QED) is 0.461. The highest BCUT2D eigenvalue weighted by Crippen LogP contribution is 2.47. The summed E-state index contributed by atoms with van der Waals surface area (Å²) in [5.74, 6) is 0.438. The Morgan fingerprint density at radius 1 is 1.34 bits per heavy atom. The van der Waals surface area contributed by atoms with Crippen LogP contribution in [0.5, 0.6) is 0 Å². The molecule has 0 radical (unpaired) electrons. The fourth-order valence-corrected chi connectivity index (χ4v) is 5.51. The lowest BCUT2D eigenvalue weighted by atomic mass is 9.94. The molecule has 1 aliphatic heterocycles. The average Bonchev–Trinajstić information content (AvgIpc) is 3.10. The number of aromatic nitrogens is 2. The van der Waals surface area contributed by atoms with Crippen molar-refractivity contribution in [3.8, 4) is 0 Å². The van der Waals surface area contributed by atoms with Gasteiger partial charge in [0, 0.05) is 32.8 Å². The highest BCUT2D eigenvalue weighted by atomic mass is 79.9. The Kier molecular flexibility index (Phi) is 5.27. The van der Waals surface area contributed by atoms with Gasteiger partial charge in [0.1, 0.15) is 21.9 Å². The van der Waals surface area contributed by atoms with Crippen molar-refractivity contribution in [1.82, 2.24) is 14.3 Å². The van der Waals surface area contributed by atoms with Gasteiger partial charge in [-0.3, -0.25) is 0 Å². The average molecular weight is 499 g/mol. The molecule has 2 heterocycles. The zero-order valence-electron chi connectivity index (χ0n) is 16.6. The van der Waals surface area contributed by atoms with E-state index in [1.54, 1.807) is 12.1 Å². The summed E-state index contributed by atoms with van der Waals surface area (Å²) in [5.41, 5.74) is 1.46. The zero-order valence-corrected chi connectivity index (χ0v) is 19.8. The minimum atomic E-state index is -1.32. The van der Waals surface area contributed by atoms with Crippen LogP contribution in [-0.2, 0) is 16.9 Å². The molecule has 0 saturated carbocycles. The normalized spacial score (nSPS) is 22.8. The molecule has 2 aromatic carbocycles. The van der Waals surface area contributed by atoms with Gasteiger partial charge >= 0.3 is 0 Å². The molecule has 0 saturated heterocycles. The van der Waals surface area contributed by atoms with Gasteiger partial charge in [-0.15, -0.1) is 4.72 Å². The van der Waals surface area contributed by atoms with Gasteiger partial charge < -0.3 is 9.12 Å². The number of nitrogens with zero attached hydrogens (tertiary/aromatic N) is 2. The predicted octanol–water partition coefficient (Wildman–Crippen LogP) is 5.85. The van der Waals surface area contributed by atoms with Crippen LogP contribution in [0.25, 0.3) is 11.0 Å². The van der Waals surface area contributed by atoms with E-state index in [4.69, 9.17) is 16.6 Å². The number of hydrogen-bond acceptors (Lipinski definition) is 3. The van der Waals surface area contributed by atoms with Crippen LogP contribution in [-0.4, -0.2) is 18.9 Å². The highest BCUT2D eigenvalue weighted by molar-refractivity contribution is 9.10. The van der Waals surface area contributed by atoms with Crippen LogP contribution in [0.15, 0.2) is 40.9 Å². The van der Waals surface area contributed by atoms with Gasteiger partial charge in [-0.1, -0.05) is 33.6 Å². The molecular weight excluding hydrogens is 477 g/mol. The number of nitrogens with one attached hydrogen (secondary N) is 1. The molecule has 1 aliphatic rings. The summed E-state index contributed by atoms with van der Waals surface area (Å²) >= 11 is 8.46. The molecule has 3 aromatic rings. The number of fused-ring (bicyclic) bond motifs is 3. The van der Waals surface area contributed by atoms with Crippen LogP contribution in [0.2, 0.25) is 5.02 Å². The molecule has 4 nitrogen and oxygen atoms in total.